The van der Waals surface area contributed by atoms with E-state index >= 15 is 0 Å². The van der Waals surface area contributed by atoms with E-state index in [1.807, 2.05) is 86.6 Å². The predicted molar refractivity (Wildman–Crippen MR) is 207 cm³/mol. The number of carbonyl (C=O) groups excluding carboxylic acids is 2. The molecule has 1 heterocycles. The SMILES string of the molecule is CC.CCc1ccc(-c2ccc(Cl)cc2)cc1C1=C(O)C2CSCC2C1=O.CCc1ccc(-c2ccc(Cl)cc2)cc1C1=C(O)CCC1=O. The predicted octanol–water partition coefficient (Wildman–Crippen LogP) is 11.6. The second-order valence-electron chi connectivity index (χ2n) is 12.1. The summed E-state index contributed by atoms with van der Waals surface area (Å²) in [6, 6.07) is 27.5. The number of hydrogen-bond donors (Lipinski definition) is 2. The first-order chi connectivity index (χ1) is 23.7. The Labute approximate surface area is 303 Å². The Balaban J connectivity index is 0.000000183. The minimum atomic E-state index is -0.0519. The van der Waals surface area contributed by atoms with Gasteiger partial charge in [-0.25, -0.2) is 0 Å². The van der Waals surface area contributed by atoms with Crippen molar-refractivity contribution in [1.82, 2.24) is 0 Å². The van der Waals surface area contributed by atoms with Gasteiger partial charge in [-0.05, 0) is 93.7 Å². The second kappa shape index (κ2) is 16.3. The Hall–Kier alpha value is -3.77. The number of hydrogen-bond acceptors (Lipinski definition) is 5. The van der Waals surface area contributed by atoms with Crippen LogP contribution < -0.4 is 0 Å². The Morgan fingerprint density at radius 2 is 1.08 bits per heavy atom. The summed E-state index contributed by atoms with van der Waals surface area (Å²) in [5, 5.41) is 22.2. The number of thioether (sulfide) groups is 1. The van der Waals surface area contributed by atoms with Gasteiger partial charge < -0.3 is 10.2 Å². The van der Waals surface area contributed by atoms with E-state index in [4.69, 9.17) is 23.2 Å². The summed E-state index contributed by atoms with van der Waals surface area (Å²) in [4.78, 5) is 25.0. The van der Waals surface area contributed by atoms with E-state index < -0.39 is 0 Å². The molecule has 0 saturated carbocycles. The molecule has 254 valence electrons. The van der Waals surface area contributed by atoms with E-state index in [-0.39, 0.29) is 29.2 Å². The summed E-state index contributed by atoms with van der Waals surface area (Å²) in [6.45, 7) is 8.13. The first kappa shape index (κ1) is 36.5. The molecule has 0 amide bonds. The zero-order valence-electron chi connectivity index (χ0n) is 28.4. The van der Waals surface area contributed by atoms with Gasteiger partial charge in [-0.2, -0.15) is 11.8 Å². The van der Waals surface area contributed by atoms with Crippen LogP contribution in [0.5, 0.6) is 0 Å². The lowest BCUT2D eigenvalue weighted by molar-refractivity contribution is -0.116. The number of aliphatic hydroxyl groups is 2. The van der Waals surface area contributed by atoms with Gasteiger partial charge >= 0.3 is 0 Å². The summed E-state index contributed by atoms with van der Waals surface area (Å²) >= 11 is 13.7. The molecule has 2 unspecified atom stereocenters. The number of aliphatic hydroxyl groups excluding tert-OH is 2. The molecule has 49 heavy (non-hydrogen) atoms. The lowest BCUT2D eigenvalue weighted by atomic mass is 9.91. The van der Waals surface area contributed by atoms with Gasteiger partial charge in [0, 0.05) is 46.2 Å². The molecule has 0 spiro atoms. The topological polar surface area (TPSA) is 74.6 Å². The number of fused-ring (bicyclic) bond motifs is 1. The molecule has 2 aliphatic carbocycles. The molecule has 4 nitrogen and oxygen atoms in total. The molecule has 4 aromatic carbocycles. The average Bonchev–Trinajstić information content (AvgIpc) is 3.81. The Bertz CT molecular complexity index is 1910. The van der Waals surface area contributed by atoms with Crippen LogP contribution in [0.1, 0.15) is 62.8 Å². The molecular formula is C42H42Cl2O4S. The zero-order valence-corrected chi connectivity index (χ0v) is 30.7. The van der Waals surface area contributed by atoms with E-state index in [1.165, 1.54) is 0 Å². The number of halogens is 2. The number of benzene rings is 4. The summed E-state index contributed by atoms with van der Waals surface area (Å²) in [5.74, 6) is 2.24. The van der Waals surface area contributed by atoms with Gasteiger partial charge in [0.2, 0.25) is 0 Å². The van der Waals surface area contributed by atoms with E-state index in [0.29, 0.717) is 39.8 Å². The van der Waals surface area contributed by atoms with E-state index in [1.54, 1.807) is 11.8 Å². The third kappa shape index (κ3) is 7.70. The van der Waals surface area contributed by atoms with Crippen molar-refractivity contribution in [1.29, 1.82) is 0 Å². The number of allylic oxidation sites excluding steroid dienone is 4. The highest BCUT2D eigenvalue weighted by Gasteiger charge is 2.46. The van der Waals surface area contributed by atoms with Crippen LogP contribution in [0.2, 0.25) is 10.0 Å². The van der Waals surface area contributed by atoms with Crippen molar-refractivity contribution in [3.63, 3.8) is 0 Å². The number of ketones is 2. The van der Waals surface area contributed by atoms with Crippen molar-refractivity contribution in [3.8, 4) is 22.3 Å². The highest BCUT2D eigenvalue weighted by Crippen LogP contribution is 2.46. The first-order valence-electron chi connectivity index (χ1n) is 17.0. The molecule has 0 aromatic heterocycles. The van der Waals surface area contributed by atoms with Gasteiger partial charge in [0.05, 0.1) is 11.1 Å². The number of carbonyl (C=O) groups is 2. The number of Topliss-reactive ketones (excluding diaryl/α,β-unsaturated/α-hetero) is 2. The van der Waals surface area contributed by atoms with Gasteiger partial charge in [-0.15, -0.1) is 0 Å². The Morgan fingerprint density at radius 3 is 1.51 bits per heavy atom. The van der Waals surface area contributed by atoms with Crippen LogP contribution in [0, 0.1) is 11.8 Å². The highest BCUT2D eigenvalue weighted by molar-refractivity contribution is 7.99. The van der Waals surface area contributed by atoms with Crippen LogP contribution in [0.25, 0.3) is 33.4 Å². The van der Waals surface area contributed by atoms with Gasteiger partial charge in [-0.1, -0.05) is 99.4 Å². The third-order valence-corrected chi connectivity index (χ3v) is 11.0. The quantitative estimate of drug-likeness (QED) is 0.208. The molecule has 3 aliphatic rings. The maximum atomic E-state index is 12.9. The van der Waals surface area contributed by atoms with Gasteiger partial charge in [0.15, 0.2) is 11.6 Å². The van der Waals surface area contributed by atoms with E-state index in [9.17, 15) is 19.8 Å². The Kier molecular flexibility index (Phi) is 12.1. The van der Waals surface area contributed by atoms with Gasteiger partial charge in [-0.3, -0.25) is 9.59 Å². The van der Waals surface area contributed by atoms with Crippen LogP contribution in [0.15, 0.2) is 96.4 Å². The normalized spacial score (nSPS) is 18.2. The summed E-state index contributed by atoms with van der Waals surface area (Å²) in [6.07, 6.45) is 2.49. The number of rotatable bonds is 6. The summed E-state index contributed by atoms with van der Waals surface area (Å²) < 4.78 is 0. The standard InChI is InChI=1S/C21H19ClO2S.C19H17ClO2.C2H6/c1-2-12-3-4-14(13-5-7-15(22)8-6-13)9-16(12)19-20(23)17-10-25-11-18(17)21(19)24;1-2-12-3-4-14(13-5-7-15(20)8-6-13)11-16(12)19-17(21)9-10-18(19)22;1-2/h3-9,17-18,23H,2,10-11H2,1H3;3-8,11,21H,2,9-10H2,1H3;1-2H3. The lowest BCUT2D eigenvalue weighted by Crippen LogP contribution is -2.15. The van der Waals surface area contributed by atoms with Crippen LogP contribution in [-0.4, -0.2) is 33.3 Å². The van der Waals surface area contributed by atoms with Crippen molar-refractivity contribution >= 4 is 57.7 Å². The zero-order chi connectivity index (χ0) is 35.2. The van der Waals surface area contributed by atoms with Gasteiger partial charge in [0.25, 0.3) is 0 Å². The van der Waals surface area contributed by atoms with E-state index in [0.717, 1.165) is 68.9 Å². The number of aryl methyl sites for hydroxylation is 2. The van der Waals surface area contributed by atoms with Crippen molar-refractivity contribution < 1.29 is 19.8 Å². The largest absolute Gasteiger partial charge is 0.512 e. The molecule has 7 heteroatoms. The second-order valence-corrected chi connectivity index (χ2v) is 14.0. The fourth-order valence-electron chi connectivity index (χ4n) is 6.68. The van der Waals surface area contributed by atoms with Crippen molar-refractivity contribution in [3.05, 3.63) is 129 Å². The first-order valence-corrected chi connectivity index (χ1v) is 18.9. The third-order valence-electron chi connectivity index (χ3n) is 9.30. The van der Waals surface area contributed by atoms with Crippen molar-refractivity contribution in [2.45, 2.75) is 53.4 Å². The molecule has 0 radical (unpaired) electrons. The van der Waals surface area contributed by atoms with E-state index in [2.05, 4.69) is 26.0 Å². The monoisotopic (exact) mass is 712 g/mol. The maximum absolute atomic E-state index is 12.9. The fourth-order valence-corrected chi connectivity index (χ4v) is 8.35. The van der Waals surface area contributed by atoms with Gasteiger partial charge in [0.1, 0.15) is 11.5 Å². The molecular weight excluding hydrogens is 671 g/mol. The van der Waals surface area contributed by atoms with Crippen molar-refractivity contribution in [2.75, 3.05) is 11.5 Å². The molecule has 7 rings (SSSR count). The molecule has 1 saturated heterocycles. The molecule has 2 N–H and O–H groups in total. The smallest absolute Gasteiger partial charge is 0.171 e. The fraction of sp³-hybridized carbons (Fsp3) is 0.286. The average molecular weight is 714 g/mol. The van der Waals surface area contributed by atoms with Crippen LogP contribution in [0.4, 0.5) is 0 Å². The van der Waals surface area contributed by atoms with Crippen molar-refractivity contribution in [2.24, 2.45) is 11.8 Å². The summed E-state index contributed by atoms with van der Waals surface area (Å²) in [5.41, 5.74) is 9.10. The van der Waals surface area contributed by atoms with Crippen LogP contribution in [0.3, 0.4) is 0 Å². The van der Waals surface area contributed by atoms with Crippen LogP contribution in [-0.2, 0) is 22.4 Å². The summed E-state index contributed by atoms with van der Waals surface area (Å²) in [7, 11) is 0. The van der Waals surface area contributed by atoms with Crippen LogP contribution >= 0.6 is 35.0 Å². The highest BCUT2D eigenvalue weighted by atomic mass is 35.5. The minimum absolute atomic E-state index is 0.00334. The molecule has 2 atom stereocenters. The maximum Gasteiger partial charge on any atom is 0.171 e. The molecule has 1 fully saturated rings. The molecule has 4 aromatic rings. The lowest BCUT2D eigenvalue weighted by Gasteiger charge is -2.13. The molecule has 0 bridgehead atoms. The molecule has 1 aliphatic heterocycles. The minimum Gasteiger partial charge on any atom is -0.512 e. The Morgan fingerprint density at radius 1 is 0.633 bits per heavy atom.